The van der Waals surface area contributed by atoms with Crippen molar-refractivity contribution in [2.75, 3.05) is 28.4 Å². The molecule has 0 atom stereocenters. The Balaban J connectivity index is 0. The summed E-state index contributed by atoms with van der Waals surface area (Å²) in [7, 11) is -0.634. The monoisotopic (exact) mass is 235 g/mol. The first-order valence-corrected chi connectivity index (χ1v) is 5.52. The van der Waals surface area contributed by atoms with Crippen LogP contribution in [-0.4, -0.2) is 33.3 Å². The molecule has 0 saturated carbocycles. The lowest BCUT2D eigenvalue weighted by atomic mass is 11.8. The van der Waals surface area contributed by atoms with E-state index >= 15 is 0 Å². The van der Waals surface area contributed by atoms with E-state index in [1.165, 1.54) is 14.2 Å². The molecule has 1 N–H and O–H groups in total. The highest BCUT2D eigenvalue weighted by Gasteiger charge is 2.13. The summed E-state index contributed by atoms with van der Waals surface area (Å²) in [5, 5.41) is 0. The van der Waals surface area contributed by atoms with Crippen LogP contribution in [0.15, 0.2) is 0 Å². The maximum absolute atomic E-state index is 10.1. The zero-order valence-electron chi connectivity index (χ0n) is 7.79. The molecule has 0 radical (unpaired) electrons. The van der Waals surface area contributed by atoms with E-state index in [0.29, 0.717) is 0 Å². The van der Waals surface area contributed by atoms with E-state index < -0.39 is 16.1 Å². The van der Waals surface area contributed by atoms with Crippen molar-refractivity contribution in [2.24, 2.45) is 0 Å². The van der Waals surface area contributed by atoms with E-state index in [0.717, 1.165) is 14.2 Å². The number of phosphoric acid groups is 1. The summed E-state index contributed by atoms with van der Waals surface area (Å²) in [6, 6.07) is 0. The molecule has 0 aliphatic heterocycles. The van der Waals surface area contributed by atoms with Crippen LogP contribution in [0.25, 0.3) is 0 Å². The van der Waals surface area contributed by atoms with E-state index in [1.807, 2.05) is 0 Å². The molecule has 0 amide bonds. The Bertz CT molecular complexity index is 167. The molecule has 80 valence electrons. The Hall–Kier alpha value is 0.130. The van der Waals surface area contributed by atoms with Crippen LogP contribution in [0.1, 0.15) is 0 Å². The van der Waals surface area contributed by atoms with Crippen molar-refractivity contribution in [1.29, 1.82) is 0 Å². The second-order valence-corrected chi connectivity index (χ2v) is 4.27. The number of rotatable bonds is 4. The van der Waals surface area contributed by atoms with Gasteiger partial charge in [-0.3, -0.25) is 9.05 Å². The zero-order valence-corrected chi connectivity index (χ0v) is 9.58. The van der Waals surface area contributed by atoms with Gasteiger partial charge in [0.2, 0.25) is 0 Å². The van der Waals surface area contributed by atoms with E-state index in [4.69, 9.17) is 4.89 Å². The van der Waals surface area contributed by atoms with Crippen LogP contribution in [0.4, 0.5) is 0 Å². The summed E-state index contributed by atoms with van der Waals surface area (Å²) in [6.07, 6.45) is 0. The highest BCUT2D eigenvalue weighted by Crippen LogP contribution is 2.40. The normalized spacial score (nSPS) is 10.2. The first-order valence-electron chi connectivity index (χ1n) is 2.93. The van der Waals surface area contributed by atoms with Gasteiger partial charge < -0.3 is 4.89 Å². The van der Waals surface area contributed by atoms with E-state index in [-0.39, 0.29) is 0 Å². The fourth-order valence-corrected chi connectivity index (χ4v) is 0.447. The van der Waals surface area contributed by atoms with Crippen LogP contribution in [0.2, 0.25) is 0 Å². The van der Waals surface area contributed by atoms with Crippen molar-refractivity contribution in [1.82, 2.24) is 0 Å². The fourth-order valence-electron chi connectivity index (χ4n) is 0.149. The van der Waals surface area contributed by atoms with Crippen molar-refractivity contribution in [2.45, 2.75) is 0 Å². The number of phosphoric ester groups is 1. The molecule has 0 aromatic rings. The lowest BCUT2D eigenvalue weighted by Gasteiger charge is -2.01. The molecule has 0 aromatic heterocycles. The molecule has 0 heterocycles. The molecule has 9 heteroatoms. The lowest BCUT2D eigenvalue weighted by Crippen LogP contribution is -1.83. The van der Waals surface area contributed by atoms with Crippen molar-refractivity contribution in [3.63, 3.8) is 0 Å². The Kier molecular flexibility index (Phi) is 10.5. The third-order valence-electron chi connectivity index (χ3n) is 0.760. The zero-order chi connectivity index (χ0) is 10.9. The Labute approximate surface area is 77.5 Å². The van der Waals surface area contributed by atoms with Crippen LogP contribution < -0.4 is 0 Å². The predicted molar refractivity (Wildman–Crippen MR) is 45.5 cm³/mol. The molecule has 0 rings (SSSR count). The average Bonchev–Trinajstić information content (AvgIpc) is 2.17. The quantitative estimate of drug-likeness (QED) is 0.734. The van der Waals surface area contributed by atoms with Gasteiger partial charge in [-0.05, 0) is 0 Å². The summed E-state index contributed by atoms with van der Waals surface area (Å²) in [5.41, 5.74) is 0. The molecule has 0 bridgehead atoms. The van der Waals surface area contributed by atoms with Crippen molar-refractivity contribution in [3.8, 4) is 0 Å². The molecule has 13 heavy (non-hydrogen) atoms. The summed E-state index contributed by atoms with van der Waals surface area (Å²) in [4.78, 5) is 8.24. The van der Waals surface area contributed by atoms with E-state index in [9.17, 15) is 9.13 Å². The molecular formula is C4H13O7P2+. The molecule has 0 saturated heterocycles. The van der Waals surface area contributed by atoms with Crippen LogP contribution in [-0.2, 0) is 27.2 Å². The Morgan fingerprint density at radius 2 is 1.38 bits per heavy atom. The van der Waals surface area contributed by atoms with Gasteiger partial charge in [0.1, 0.15) is 0 Å². The maximum Gasteiger partial charge on any atom is 0.696 e. The predicted octanol–water partition coefficient (Wildman–Crippen LogP) is 1.32. The van der Waals surface area contributed by atoms with Gasteiger partial charge >= 0.3 is 16.1 Å². The molecule has 0 aliphatic carbocycles. The Morgan fingerprint density at radius 3 is 1.38 bits per heavy atom. The van der Waals surface area contributed by atoms with Gasteiger partial charge in [0.25, 0.3) is 0 Å². The lowest BCUT2D eigenvalue weighted by molar-refractivity contribution is 0.204. The third kappa shape index (κ3) is 12.1. The molecule has 0 fully saturated rings. The topological polar surface area (TPSA) is 91.3 Å². The smallest absolute Gasteiger partial charge is 0.303 e. The third-order valence-corrected chi connectivity index (χ3v) is 2.28. The maximum atomic E-state index is 10.1. The molecule has 0 spiro atoms. The van der Waals surface area contributed by atoms with Crippen LogP contribution in [0.5, 0.6) is 0 Å². The van der Waals surface area contributed by atoms with E-state index in [2.05, 4.69) is 18.1 Å². The number of hydrogen-bond acceptors (Lipinski definition) is 6. The van der Waals surface area contributed by atoms with Gasteiger partial charge in [0.05, 0.1) is 14.2 Å². The fraction of sp³-hybridized carbons (Fsp3) is 1.00. The van der Waals surface area contributed by atoms with Crippen LogP contribution in [0.3, 0.4) is 0 Å². The Morgan fingerprint density at radius 1 is 1.08 bits per heavy atom. The SMILES string of the molecule is COP(=O)(O)OC.CO[P+](=O)OC. The van der Waals surface area contributed by atoms with Crippen molar-refractivity contribution >= 4 is 16.1 Å². The summed E-state index contributed by atoms with van der Waals surface area (Å²) >= 11 is 0. The highest BCUT2D eigenvalue weighted by atomic mass is 31.2. The van der Waals surface area contributed by atoms with Crippen LogP contribution in [0, 0.1) is 0 Å². The van der Waals surface area contributed by atoms with E-state index in [1.54, 1.807) is 0 Å². The first-order chi connectivity index (χ1) is 5.93. The minimum absolute atomic E-state index is 1.10. The molecule has 0 aliphatic rings. The molecule has 7 nitrogen and oxygen atoms in total. The highest BCUT2D eigenvalue weighted by molar-refractivity contribution is 7.47. The van der Waals surface area contributed by atoms with Gasteiger partial charge in [-0.15, -0.1) is 9.05 Å². The molecule has 0 unspecified atom stereocenters. The van der Waals surface area contributed by atoms with Crippen LogP contribution >= 0.6 is 16.1 Å². The van der Waals surface area contributed by atoms with Gasteiger partial charge in [-0.2, -0.15) is 0 Å². The molecule has 0 aromatic carbocycles. The molecular weight excluding hydrogens is 222 g/mol. The van der Waals surface area contributed by atoms with Gasteiger partial charge in [-0.25, -0.2) is 4.57 Å². The van der Waals surface area contributed by atoms with Gasteiger partial charge in [-0.1, -0.05) is 0 Å². The van der Waals surface area contributed by atoms with Crippen molar-refractivity contribution < 1.29 is 32.1 Å². The first kappa shape index (κ1) is 15.6. The minimum Gasteiger partial charge on any atom is -0.303 e. The second kappa shape index (κ2) is 8.72. The number of hydrogen-bond donors (Lipinski definition) is 1. The van der Waals surface area contributed by atoms with Crippen molar-refractivity contribution in [3.05, 3.63) is 0 Å². The summed E-state index contributed by atoms with van der Waals surface area (Å²) < 4.78 is 36.3. The minimum atomic E-state index is -3.65. The van der Waals surface area contributed by atoms with Gasteiger partial charge in [0, 0.05) is 18.8 Å². The largest absolute Gasteiger partial charge is 0.696 e. The second-order valence-electron chi connectivity index (χ2n) is 1.42. The average molecular weight is 235 g/mol. The summed E-state index contributed by atoms with van der Waals surface area (Å²) in [6.45, 7) is 0. The standard InChI is InChI=1S/C2H7O4P.C2H6O3P/c1-5-7(3,4)6-2;1-4-6(3)5-2/h1-2H3,(H,3,4);1-2H3/q;+1. The summed E-state index contributed by atoms with van der Waals surface area (Å²) in [5.74, 6) is 0. The van der Waals surface area contributed by atoms with Gasteiger partial charge in [0.15, 0.2) is 0 Å².